The number of carboxylic acids is 1. The first-order valence-electron chi connectivity index (χ1n) is 6.59. The first-order chi connectivity index (χ1) is 8.43. The van der Waals surface area contributed by atoms with Crippen molar-refractivity contribution in [2.24, 2.45) is 11.8 Å². The maximum Gasteiger partial charge on any atom is 0.307 e. The molecular weight excluding hydrogens is 234 g/mol. The number of carbonyl (C=O) groups is 2. The Labute approximate surface area is 108 Å². The van der Waals surface area contributed by atoms with Crippen LogP contribution in [0, 0.1) is 11.8 Å². The fourth-order valence-electron chi connectivity index (χ4n) is 2.53. The summed E-state index contributed by atoms with van der Waals surface area (Å²) in [6, 6.07) is 0. The van der Waals surface area contributed by atoms with Gasteiger partial charge in [-0.2, -0.15) is 0 Å². The van der Waals surface area contributed by atoms with Gasteiger partial charge in [-0.05, 0) is 32.6 Å². The van der Waals surface area contributed by atoms with Gasteiger partial charge in [-0.25, -0.2) is 0 Å². The van der Waals surface area contributed by atoms with Crippen molar-refractivity contribution in [3.63, 3.8) is 0 Å². The Bertz CT molecular complexity index is 318. The van der Waals surface area contributed by atoms with Crippen LogP contribution in [0.2, 0.25) is 0 Å². The smallest absolute Gasteiger partial charge is 0.307 e. The molecule has 5 heteroatoms. The molecule has 5 nitrogen and oxygen atoms in total. The molecule has 1 fully saturated rings. The standard InChI is InChI=1S/C13H23NO4/c1-3-13(2,7-8-15)14-11(16)9-5-4-6-10(9)12(17)18/h9-10,15H,3-8H2,1-2H3,(H,14,16)(H,17,18). The van der Waals surface area contributed by atoms with Crippen LogP contribution in [0.25, 0.3) is 0 Å². The molecule has 1 aliphatic carbocycles. The molecule has 3 unspecified atom stereocenters. The summed E-state index contributed by atoms with van der Waals surface area (Å²) in [5.74, 6) is -2.04. The molecule has 3 N–H and O–H groups in total. The largest absolute Gasteiger partial charge is 0.481 e. The van der Waals surface area contributed by atoms with Crippen LogP contribution >= 0.6 is 0 Å². The maximum absolute atomic E-state index is 12.2. The summed E-state index contributed by atoms with van der Waals surface area (Å²) >= 11 is 0. The zero-order valence-electron chi connectivity index (χ0n) is 11.1. The van der Waals surface area contributed by atoms with Gasteiger partial charge in [0.05, 0.1) is 11.8 Å². The summed E-state index contributed by atoms with van der Waals surface area (Å²) < 4.78 is 0. The van der Waals surface area contributed by atoms with Gasteiger partial charge in [0.1, 0.15) is 0 Å². The maximum atomic E-state index is 12.2. The average Bonchev–Trinajstić information content (AvgIpc) is 2.78. The van der Waals surface area contributed by atoms with Crippen LogP contribution in [0.3, 0.4) is 0 Å². The van der Waals surface area contributed by atoms with Crippen LogP contribution in [0.1, 0.15) is 46.0 Å². The Hall–Kier alpha value is -1.10. The van der Waals surface area contributed by atoms with Gasteiger partial charge in [-0.1, -0.05) is 13.3 Å². The average molecular weight is 257 g/mol. The van der Waals surface area contributed by atoms with Crippen LogP contribution in [0.5, 0.6) is 0 Å². The number of hydrogen-bond donors (Lipinski definition) is 3. The first kappa shape index (κ1) is 15.0. The Balaban J connectivity index is 2.66. The van der Waals surface area contributed by atoms with Crippen molar-refractivity contribution in [3.8, 4) is 0 Å². The lowest BCUT2D eigenvalue weighted by Crippen LogP contribution is -2.49. The number of aliphatic hydroxyl groups excluding tert-OH is 1. The molecule has 0 spiro atoms. The highest BCUT2D eigenvalue weighted by molar-refractivity contribution is 5.85. The molecular formula is C13H23NO4. The third-order valence-corrected chi connectivity index (χ3v) is 4.04. The first-order valence-corrected chi connectivity index (χ1v) is 6.59. The molecule has 104 valence electrons. The van der Waals surface area contributed by atoms with E-state index in [1.54, 1.807) is 0 Å². The highest BCUT2D eigenvalue weighted by Crippen LogP contribution is 2.32. The highest BCUT2D eigenvalue weighted by atomic mass is 16.4. The van der Waals surface area contributed by atoms with E-state index in [4.69, 9.17) is 10.2 Å². The summed E-state index contributed by atoms with van der Waals surface area (Å²) in [6.45, 7) is 3.84. The minimum atomic E-state index is -0.881. The third kappa shape index (κ3) is 3.45. The molecule has 0 aromatic carbocycles. The number of carboxylic acid groups (broad SMARTS) is 1. The molecule has 0 aromatic rings. The number of nitrogens with one attached hydrogen (secondary N) is 1. The lowest BCUT2D eigenvalue weighted by atomic mass is 9.90. The third-order valence-electron chi connectivity index (χ3n) is 4.04. The van der Waals surface area contributed by atoms with E-state index >= 15 is 0 Å². The second kappa shape index (κ2) is 6.18. The molecule has 3 atom stereocenters. The summed E-state index contributed by atoms with van der Waals surface area (Å²) in [6.07, 6.45) is 3.21. The van der Waals surface area contributed by atoms with Crippen molar-refractivity contribution in [1.29, 1.82) is 0 Å². The van der Waals surface area contributed by atoms with Crippen molar-refractivity contribution >= 4 is 11.9 Å². The Morgan fingerprint density at radius 3 is 2.44 bits per heavy atom. The SMILES string of the molecule is CCC(C)(CCO)NC(=O)C1CCCC1C(=O)O. The van der Waals surface area contributed by atoms with Crippen LogP contribution < -0.4 is 5.32 Å². The molecule has 1 rings (SSSR count). The molecule has 0 saturated heterocycles. The molecule has 0 heterocycles. The molecule has 1 saturated carbocycles. The van der Waals surface area contributed by atoms with Crippen molar-refractivity contribution in [2.45, 2.75) is 51.5 Å². The number of carbonyl (C=O) groups excluding carboxylic acids is 1. The summed E-state index contributed by atoms with van der Waals surface area (Å²) in [5, 5.41) is 21.0. The molecule has 1 aliphatic rings. The lowest BCUT2D eigenvalue weighted by Gasteiger charge is -2.31. The topological polar surface area (TPSA) is 86.6 Å². The number of amides is 1. The quantitative estimate of drug-likeness (QED) is 0.666. The van der Waals surface area contributed by atoms with Crippen molar-refractivity contribution in [3.05, 3.63) is 0 Å². The van der Waals surface area contributed by atoms with Crippen LogP contribution in [0.4, 0.5) is 0 Å². The molecule has 1 amide bonds. The Morgan fingerprint density at radius 1 is 1.33 bits per heavy atom. The minimum Gasteiger partial charge on any atom is -0.481 e. The number of hydrogen-bond acceptors (Lipinski definition) is 3. The van der Waals surface area contributed by atoms with Gasteiger partial charge in [0, 0.05) is 12.1 Å². The van der Waals surface area contributed by atoms with Crippen LogP contribution in [0.15, 0.2) is 0 Å². The van der Waals surface area contributed by atoms with E-state index in [1.165, 1.54) is 0 Å². The van der Waals surface area contributed by atoms with Gasteiger partial charge in [0.2, 0.25) is 5.91 Å². The molecule has 18 heavy (non-hydrogen) atoms. The molecule has 0 aliphatic heterocycles. The predicted molar refractivity (Wildman–Crippen MR) is 67.0 cm³/mol. The molecule has 0 radical (unpaired) electrons. The monoisotopic (exact) mass is 257 g/mol. The van der Waals surface area contributed by atoms with Gasteiger partial charge < -0.3 is 15.5 Å². The van der Waals surface area contributed by atoms with E-state index in [0.29, 0.717) is 25.7 Å². The van der Waals surface area contributed by atoms with Gasteiger partial charge in [-0.15, -0.1) is 0 Å². The normalized spacial score (nSPS) is 26.6. The zero-order chi connectivity index (χ0) is 13.8. The van der Waals surface area contributed by atoms with Gasteiger partial charge >= 0.3 is 5.97 Å². The van der Waals surface area contributed by atoms with E-state index in [0.717, 1.165) is 6.42 Å². The van der Waals surface area contributed by atoms with Crippen molar-refractivity contribution in [2.75, 3.05) is 6.61 Å². The lowest BCUT2D eigenvalue weighted by molar-refractivity contribution is -0.146. The van der Waals surface area contributed by atoms with E-state index in [1.807, 2.05) is 13.8 Å². The van der Waals surface area contributed by atoms with Crippen molar-refractivity contribution in [1.82, 2.24) is 5.32 Å². The predicted octanol–water partition coefficient (Wildman–Crippen LogP) is 1.15. The minimum absolute atomic E-state index is 0.0116. The zero-order valence-corrected chi connectivity index (χ0v) is 11.1. The summed E-state index contributed by atoms with van der Waals surface area (Å²) in [5.41, 5.74) is -0.447. The Kier molecular flexibility index (Phi) is 5.14. The van der Waals surface area contributed by atoms with Crippen LogP contribution in [-0.4, -0.2) is 34.2 Å². The van der Waals surface area contributed by atoms with E-state index in [2.05, 4.69) is 5.32 Å². The van der Waals surface area contributed by atoms with E-state index in [-0.39, 0.29) is 12.5 Å². The number of aliphatic hydroxyl groups is 1. The Morgan fingerprint density at radius 2 is 1.94 bits per heavy atom. The molecule has 0 bridgehead atoms. The van der Waals surface area contributed by atoms with E-state index < -0.39 is 23.3 Å². The molecule has 0 aromatic heterocycles. The van der Waals surface area contributed by atoms with E-state index in [9.17, 15) is 9.59 Å². The second-order valence-electron chi connectivity index (χ2n) is 5.36. The number of rotatable bonds is 6. The van der Waals surface area contributed by atoms with Crippen LogP contribution in [-0.2, 0) is 9.59 Å². The van der Waals surface area contributed by atoms with Gasteiger partial charge in [-0.3, -0.25) is 9.59 Å². The summed E-state index contributed by atoms with van der Waals surface area (Å²) in [7, 11) is 0. The van der Waals surface area contributed by atoms with Crippen molar-refractivity contribution < 1.29 is 19.8 Å². The number of aliphatic carboxylic acids is 1. The fraction of sp³-hybridized carbons (Fsp3) is 0.846. The summed E-state index contributed by atoms with van der Waals surface area (Å²) in [4.78, 5) is 23.2. The second-order valence-corrected chi connectivity index (χ2v) is 5.36. The fourth-order valence-corrected chi connectivity index (χ4v) is 2.53. The van der Waals surface area contributed by atoms with Gasteiger partial charge in [0.15, 0.2) is 0 Å². The highest BCUT2D eigenvalue weighted by Gasteiger charge is 2.39. The van der Waals surface area contributed by atoms with Gasteiger partial charge in [0.25, 0.3) is 0 Å².